The minimum Gasteiger partial charge on any atom is -0.332 e. The van der Waals surface area contributed by atoms with Crippen molar-refractivity contribution in [2.45, 2.75) is 50.2 Å². The van der Waals surface area contributed by atoms with Gasteiger partial charge in [-0.2, -0.15) is 4.33 Å². The van der Waals surface area contributed by atoms with E-state index < -0.39 is 0 Å². The van der Waals surface area contributed by atoms with Crippen LogP contribution in [0.2, 0.25) is 0 Å². The zero-order chi connectivity index (χ0) is 18.3. The van der Waals surface area contributed by atoms with Gasteiger partial charge in [0.1, 0.15) is 12.2 Å². The third-order valence-electron chi connectivity index (χ3n) is 2.84. The largest absolute Gasteiger partial charge is 0.332 e. The number of nitrogens with zero attached hydrogens (tertiary/aromatic N) is 1. The molecule has 0 heterocycles. The van der Waals surface area contributed by atoms with Crippen LogP contribution in [0.4, 0.5) is 0 Å². The number of nitrogens with two attached hydrogens (primary N) is 1. The van der Waals surface area contributed by atoms with Gasteiger partial charge in [0.15, 0.2) is 0 Å². The first-order chi connectivity index (χ1) is 10.8. The minimum atomic E-state index is -0.219. The Balaban J connectivity index is 0. The lowest BCUT2D eigenvalue weighted by molar-refractivity contribution is -0.132. The second-order valence-electron chi connectivity index (χ2n) is 5.16. The average molecular weight is 389 g/mol. The molecule has 7 nitrogen and oxygen atoms in total. The van der Waals surface area contributed by atoms with Crippen molar-refractivity contribution in [1.29, 1.82) is 0 Å². The van der Waals surface area contributed by atoms with E-state index in [-0.39, 0.29) is 16.0 Å². The standard InChI is InChI=1S/C12H26N2O4S3.CH2O/c1-10(20-18-16)14(4)11(15)6-7-12(2,3)21-19-9-5-8-17-13;1-2/h10,16H,5-9,13H2,1-4H3;1H2/t10-;/m1./s1. The molecule has 0 aliphatic rings. The molecule has 138 valence electrons. The van der Waals surface area contributed by atoms with Gasteiger partial charge in [-0.05, 0) is 33.6 Å². The second-order valence-corrected chi connectivity index (χ2v) is 9.31. The summed E-state index contributed by atoms with van der Waals surface area (Å²) in [7, 11) is 5.26. The molecule has 0 saturated heterocycles. The number of rotatable bonds is 12. The van der Waals surface area contributed by atoms with E-state index in [1.807, 2.05) is 6.79 Å². The van der Waals surface area contributed by atoms with Gasteiger partial charge in [0.25, 0.3) is 0 Å². The van der Waals surface area contributed by atoms with E-state index in [0.29, 0.717) is 13.0 Å². The lowest BCUT2D eigenvalue weighted by Crippen LogP contribution is -2.34. The zero-order valence-corrected chi connectivity index (χ0v) is 16.6. The summed E-state index contributed by atoms with van der Waals surface area (Å²) in [5.41, 5.74) is 0. The molecule has 0 aliphatic carbocycles. The van der Waals surface area contributed by atoms with Crippen LogP contribution in [0.3, 0.4) is 0 Å². The average Bonchev–Trinajstić information content (AvgIpc) is 2.54. The molecular weight excluding hydrogens is 360 g/mol. The molecule has 1 amide bonds. The van der Waals surface area contributed by atoms with Gasteiger partial charge in [-0.25, -0.2) is 11.2 Å². The van der Waals surface area contributed by atoms with E-state index in [9.17, 15) is 4.79 Å². The van der Waals surface area contributed by atoms with Gasteiger partial charge in [-0.15, -0.1) is 0 Å². The van der Waals surface area contributed by atoms with Gasteiger partial charge in [0, 0.05) is 24.0 Å². The molecule has 23 heavy (non-hydrogen) atoms. The third-order valence-corrected chi connectivity index (χ3v) is 6.95. The highest BCUT2D eigenvalue weighted by Crippen LogP contribution is 2.39. The first kappa shape index (κ1) is 25.3. The quantitative estimate of drug-likeness (QED) is 0.130. The first-order valence-electron chi connectivity index (χ1n) is 6.98. The first-order valence-corrected chi connectivity index (χ1v) is 10.1. The summed E-state index contributed by atoms with van der Waals surface area (Å²) in [5, 5.41) is 8.17. The van der Waals surface area contributed by atoms with Crippen LogP contribution >= 0.6 is 33.6 Å². The van der Waals surface area contributed by atoms with Crippen LogP contribution in [0.25, 0.3) is 0 Å². The van der Waals surface area contributed by atoms with E-state index in [1.165, 1.54) is 0 Å². The maximum Gasteiger partial charge on any atom is 0.223 e. The molecule has 3 N–H and O–H groups in total. The highest BCUT2D eigenvalue weighted by atomic mass is 33.1. The predicted octanol–water partition coefficient (Wildman–Crippen LogP) is 2.96. The molecule has 0 rings (SSSR count). The molecule has 0 aromatic carbocycles. The van der Waals surface area contributed by atoms with Crippen molar-refractivity contribution in [3.05, 3.63) is 0 Å². The lowest BCUT2D eigenvalue weighted by Gasteiger charge is -2.26. The molecule has 0 fully saturated rings. The van der Waals surface area contributed by atoms with Crippen molar-refractivity contribution >= 4 is 46.3 Å². The highest BCUT2D eigenvalue weighted by Gasteiger charge is 2.23. The summed E-state index contributed by atoms with van der Waals surface area (Å²) >= 11 is 0.852. The van der Waals surface area contributed by atoms with Crippen LogP contribution in [0.15, 0.2) is 0 Å². The van der Waals surface area contributed by atoms with Crippen LogP contribution in [0.5, 0.6) is 0 Å². The molecule has 0 aromatic rings. The molecule has 0 aliphatic heterocycles. The molecule has 0 spiro atoms. The summed E-state index contributed by atoms with van der Waals surface area (Å²) < 4.78 is 4.02. The molecule has 10 heteroatoms. The molecule has 0 radical (unpaired) electrons. The van der Waals surface area contributed by atoms with Gasteiger partial charge in [-0.3, -0.25) is 4.79 Å². The normalized spacial score (nSPS) is 12.3. The maximum atomic E-state index is 12.1. The number of hydrogen-bond donors (Lipinski definition) is 2. The van der Waals surface area contributed by atoms with Gasteiger partial charge in [-0.1, -0.05) is 21.6 Å². The van der Waals surface area contributed by atoms with E-state index in [1.54, 1.807) is 40.5 Å². The van der Waals surface area contributed by atoms with E-state index >= 15 is 0 Å². The van der Waals surface area contributed by atoms with Crippen molar-refractivity contribution in [2.24, 2.45) is 5.90 Å². The van der Waals surface area contributed by atoms with Crippen LogP contribution in [0.1, 0.15) is 40.0 Å². The summed E-state index contributed by atoms with van der Waals surface area (Å²) in [4.78, 5) is 26.1. The Morgan fingerprint density at radius 1 is 1.43 bits per heavy atom. The molecule has 1 atom stereocenters. The Morgan fingerprint density at radius 3 is 2.57 bits per heavy atom. The Bertz CT molecular complexity index is 311. The van der Waals surface area contributed by atoms with Crippen molar-refractivity contribution in [3.63, 3.8) is 0 Å². The van der Waals surface area contributed by atoms with E-state index in [0.717, 1.165) is 30.6 Å². The van der Waals surface area contributed by atoms with Crippen LogP contribution in [0, 0.1) is 0 Å². The Hall–Kier alpha value is 0.0300. The SMILES string of the molecule is C=O.C[C@@H](SOO)N(C)C(=O)CCC(C)(C)SSCCCON. The van der Waals surface area contributed by atoms with Crippen molar-refractivity contribution < 1.29 is 24.0 Å². The van der Waals surface area contributed by atoms with Crippen LogP contribution in [-0.2, 0) is 18.8 Å². The third kappa shape index (κ3) is 14.1. The van der Waals surface area contributed by atoms with Gasteiger partial charge in [0.05, 0.1) is 18.6 Å². The fourth-order valence-electron chi connectivity index (χ4n) is 1.36. The predicted molar refractivity (Wildman–Crippen MR) is 98.8 cm³/mol. The van der Waals surface area contributed by atoms with Crippen LogP contribution in [-0.4, -0.2) is 52.4 Å². The topological polar surface area (TPSA) is 102 Å². The van der Waals surface area contributed by atoms with Gasteiger partial charge >= 0.3 is 0 Å². The van der Waals surface area contributed by atoms with Crippen molar-refractivity contribution in [2.75, 3.05) is 19.4 Å². The number of carbonyl (C=O) groups excluding carboxylic acids is 2. The van der Waals surface area contributed by atoms with Crippen LogP contribution < -0.4 is 5.90 Å². The smallest absolute Gasteiger partial charge is 0.223 e. The summed E-state index contributed by atoms with van der Waals surface area (Å²) in [5.74, 6) is 5.98. The maximum absolute atomic E-state index is 12.1. The molecular formula is C13H28N2O5S3. The Labute approximate surface area is 150 Å². The Morgan fingerprint density at radius 2 is 2.04 bits per heavy atom. The summed E-state index contributed by atoms with van der Waals surface area (Å²) in [6.07, 6.45) is 2.18. The minimum absolute atomic E-state index is 0.0224. The number of carbonyl (C=O) groups is 2. The Kier molecular flexibility index (Phi) is 17.1. The fourth-order valence-corrected chi connectivity index (χ4v) is 4.36. The summed E-state index contributed by atoms with van der Waals surface area (Å²) in [6.45, 7) is 8.63. The van der Waals surface area contributed by atoms with E-state index in [2.05, 4.69) is 23.0 Å². The summed E-state index contributed by atoms with van der Waals surface area (Å²) in [6, 6.07) is 0. The van der Waals surface area contributed by atoms with Gasteiger partial charge < -0.3 is 14.5 Å². The number of amides is 1. The molecule has 0 aromatic heterocycles. The fraction of sp³-hybridized carbons (Fsp3) is 0.846. The second kappa shape index (κ2) is 15.6. The monoisotopic (exact) mass is 388 g/mol. The van der Waals surface area contributed by atoms with Crippen molar-refractivity contribution in [3.8, 4) is 0 Å². The number of hydrogen-bond acceptors (Lipinski definition) is 9. The molecule has 0 saturated carbocycles. The zero-order valence-electron chi connectivity index (χ0n) is 14.1. The molecule has 0 unspecified atom stereocenters. The van der Waals surface area contributed by atoms with Gasteiger partial charge in [0.2, 0.25) is 5.91 Å². The lowest BCUT2D eigenvalue weighted by atomic mass is 10.1. The van der Waals surface area contributed by atoms with E-state index in [4.69, 9.17) is 15.9 Å². The highest BCUT2D eigenvalue weighted by molar-refractivity contribution is 8.77. The molecule has 0 bridgehead atoms. The van der Waals surface area contributed by atoms with Crippen molar-refractivity contribution in [1.82, 2.24) is 4.90 Å².